The molecule has 0 aromatic carbocycles. The van der Waals surface area contributed by atoms with Gasteiger partial charge in [0.15, 0.2) is 5.65 Å². The first kappa shape index (κ1) is 18.9. The molecule has 1 aliphatic rings. The van der Waals surface area contributed by atoms with Crippen LogP contribution in [0, 0.1) is 6.92 Å². The molecule has 1 unspecified atom stereocenters. The maximum absolute atomic E-state index is 5.66. The number of aryl methyl sites for hydroxylation is 1. The van der Waals surface area contributed by atoms with E-state index in [2.05, 4.69) is 27.0 Å². The molecule has 1 N–H and O–H groups in total. The fourth-order valence-corrected chi connectivity index (χ4v) is 3.97. The van der Waals surface area contributed by atoms with Gasteiger partial charge in [0.1, 0.15) is 17.8 Å². The van der Waals surface area contributed by atoms with Crippen molar-refractivity contribution in [1.82, 2.24) is 34.4 Å². The van der Waals surface area contributed by atoms with Crippen molar-refractivity contribution in [2.24, 2.45) is 0 Å². The minimum absolute atomic E-state index is 0.416. The summed E-state index contributed by atoms with van der Waals surface area (Å²) < 4.78 is 7.43. The van der Waals surface area contributed by atoms with Gasteiger partial charge >= 0.3 is 0 Å². The van der Waals surface area contributed by atoms with E-state index in [4.69, 9.17) is 14.7 Å². The fourth-order valence-electron chi connectivity index (χ4n) is 3.97. The Kier molecular flexibility index (Phi) is 5.02. The number of pyridine rings is 2. The minimum atomic E-state index is 0.416. The number of likely N-dealkylation sites (N-methyl/N-ethyl adjacent to an activating group) is 1. The molecule has 0 amide bonds. The number of rotatable bonds is 5. The predicted molar refractivity (Wildman–Crippen MR) is 114 cm³/mol. The zero-order valence-corrected chi connectivity index (χ0v) is 17.2. The van der Waals surface area contributed by atoms with Crippen LogP contribution in [0.5, 0.6) is 0 Å². The van der Waals surface area contributed by atoms with Gasteiger partial charge in [-0.15, -0.1) is 0 Å². The van der Waals surface area contributed by atoms with Gasteiger partial charge in [0.25, 0.3) is 0 Å². The van der Waals surface area contributed by atoms with Crippen molar-refractivity contribution < 1.29 is 4.74 Å². The molecule has 4 aromatic heterocycles. The lowest BCUT2D eigenvalue weighted by Gasteiger charge is -2.30. The number of ether oxygens (including phenoxy) is 1. The topological polar surface area (TPSA) is 84.2 Å². The molecular weight excluding hydrogens is 378 g/mol. The highest BCUT2D eigenvalue weighted by molar-refractivity contribution is 5.77. The highest BCUT2D eigenvalue weighted by Gasteiger charge is 2.22. The third-order valence-electron chi connectivity index (χ3n) is 5.61. The van der Waals surface area contributed by atoms with Crippen LogP contribution in [0.4, 0.5) is 0 Å². The number of fused-ring (bicyclic) bond motifs is 1. The molecule has 0 bridgehead atoms. The lowest BCUT2D eigenvalue weighted by Crippen LogP contribution is -2.38. The third kappa shape index (κ3) is 3.71. The zero-order valence-electron chi connectivity index (χ0n) is 17.2. The van der Waals surface area contributed by atoms with Gasteiger partial charge < -0.3 is 9.72 Å². The Hall–Kier alpha value is -3.10. The van der Waals surface area contributed by atoms with Crippen LogP contribution in [0.15, 0.2) is 42.9 Å². The van der Waals surface area contributed by atoms with Crippen LogP contribution in [0.25, 0.3) is 28.3 Å². The molecule has 1 fully saturated rings. The first-order valence-corrected chi connectivity index (χ1v) is 10.3. The highest BCUT2D eigenvalue weighted by atomic mass is 16.5. The standard InChI is InChI=1S/C22H25N7O/c1-15-5-3-7-18(25-15)22-21(16-8-9-20-23-14-24-29(20)11-16)26-19(27-22)12-28(2)17-6-4-10-30-13-17/h3,5,7-9,11,14,17H,4,6,10,12-13H2,1-2H3,(H,26,27). The van der Waals surface area contributed by atoms with Crippen LogP contribution in [0.3, 0.4) is 0 Å². The van der Waals surface area contributed by atoms with Crippen LogP contribution < -0.4 is 0 Å². The Morgan fingerprint density at radius 1 is 1.23 bits per heavy atom. The van der Waals surface area contributed by atoms with Gasteiger partial charge in [-0.2, -0.15) is 5.10 Å². The molecule has 4 aromatic rings. The number of imidazole rings is 1. The average molecular weight is 403 g/mol. The van der Waals surface area contributed by atoms with Crippen molar-refractivity contribution in [2.75, 3.05) is 20.3 Å². The molecule has 0 saturated carbocycles. The molecule has 8 nitrogen and oxygen atoms in total. The Morgan fingerprint density at radius 2 is 2.17 bits per heavy atom. The Labute approximate surface area is 175 Å². The van der Waals surface area contributed by atoms with Gasteiger partial charge in [-0.3, -0.25) is 9.88 Å². The first-order chi connectivity index (χ1) is 14.7. The van der Waals surface area contributed by atoms with Gasteiger partial charge in [0, 0.05) is 30.1 Å². The lowest BCUT2D eigenvalue weighted by molar-refractivity contribution is 0.0243. The molecule has 0 radical (unpaired) electrons. The van der Waals surface area contributed by atoms with E-state index in [-0.39, 0.29) is 0 Å². The van der Waals surface area contributed by atoms with E-state index in [1.807, 2.05) is 43.5 Å². The summed E-state index contributed by atoms with van der Waals surface area (Å²) in [6, 6.07) is 10.4. The van der Waals surface area contributed by atoms with Gasteiger partial charge in [0.05, 0.1) is 24.5 Å². The molecular formula is C22H25N7O. The average Bonchev–Trinajstić information content (AvgIpc) is 3.40. The second-order valence-corrected chi connectivity index (χ2v) is 7.84. The summed E-state index contributed by atoms with van der Waals surface area (Å²) in [6.45, 7) is 4.36. The summed E-state index contributed by atoms with van der Waals surface area (Å²) in [6.07, 6.45) is 5.79. The van der Waals surface area contributed by atoms with E-state index in [0.29, 0.717) is 6.04 Å². The molecule has 5 heterocycles. The maximum Gasteiger partial charge on any atom is 0.155 e. The second-order valence-electron chi connectivity index (χ2n) is 7.84. The molecule has 0 spiro atoms. The van der Waals surface area contributed by atoms with E-state index in [1.54, 1.807) is 10.8 Å². The van der Waals surface area contributed by atoms with Crippen molar-refractivity contribution in [3.63, 3.8) is 0 Å². The number of nitrogens with one attached hydrogen (secondary N) is 1. The van der Waals surface area contributed by atoms with Gasteiger partial charge in [-0.1, -0.05) is 6.07 Å². The summed E-state index contributed by atoms with van der Waals surface area (Å²) in [5, 5.41) is 4.27. The largest absolute Gasteiger partial charge is 0.380 e. The number of aromatic nitrogens is 6. The van der Waals surface area contributed by atoms with E-state index in [1.165, 1.54) is 0 Å². The fraction of sp³-hybridized carbons (Fsp3) is 0.364. The summed E-state index contributed by atoms with van der Waals surface area (Å²) in [4.78, 5) is 19.8. The summed E-state index contributed by atoms with van der Waals surface area (Å²) in [5.41, 5.74) is 5.41. The number of hydrogen-bond donors (Lipinski definition) is 1. The molecule has 154 valence electrons. The van der Waals surface area contributed by atoms with E-state index < -0.39 is 0 Å². The molecule has 0 aliphatic carbocycles. The monoisotopic (exact) mass is 403 g/mol. The Morgan fingerprint density at radius 3 is 3.00 bits per heavy atom. The summed E-state index contributed by atoms with van der Waals surface area (Å²) in [5.74, 6) is 0.912. The predicted octanol–water partition coefficient (Wildman–Crippen LogP) is 3.10. The molecule has 8 heteroatoms. The molecule has 1 saturated heterocycles. The number of hydrogen-bond acceptors (Lipinski definition) is 6. The first-order valence-electron chi connectivity index (χ1n) is 10.3. The van der Waals surface area contributed by atoms with Crippen LogP contribution >= 0.6 is 0 Å². The van der Waals surface area contributed by atoms with Gasteiger partial charge in [-0.25, -0.2) is 14.5 Å². The quantitative estimate of drug-likeness (QED) is 0.551. The maximum atomic E-state index is 5.66. The Balaban J connectivity index is 1.53. The minimum Gasteiger partial charge on any atom is -0.380 e. The summed E-state index contributed by atoms with van der Waals surface area (Å²) >= 11 is 0. The van der Waals surface area contributed by atoms with Crippen molar-refractivity contribution in [1.29, 1.82) is 0 Å². The van der Waals surface area contributed by atoms with Gasteiger partial charge in [-0.05, 0) is 51.1 Å². The third-order valence-corrected chi connectivity index (χ3v) is 5.61. The molecule has 1 aliphatic heterocycles. The number of H-pyrrole nitrogens is 1. The van der Waals surface area contributed by atoms with Crippen molar-refractivity contribution in [3.8, 4) is 22.6 Å². The summed E-state index contributed by atoms with van der Waals surface area (Å²) in [7, 11) is 2.13. The van der Waals surface area contributed by atoms with Crippen LogP contribution in [0.2, 0.25) is 0 Å². The normalized spacial score (nSPS) is 17.1. The van der Waals surface area contributed by atoms with Crippen LogP contribution in [0.1, 0.15) is 24.4 Å². The lowest BCUT2D eigenvalue weighted by atomic mass is 10.1. The number of nitrogens with zero attached hydrogens (tertiary/aromatic N) is 6. The van der Waals surface area contributed by atoms with Crippen LogP contribution in [-0.2, 0) is 11.3 Å². The molecule has 5 rings (SSSR count). The zero-order chi connectivity index (χ0) is 20.5. The van der Waals surface area contributed by atoms with Crippen molar-refractivity contribution >= 4 is 5.65 Å². The van der Waals surface area contributed by atoms with E-state index >= 15 is 0 Å². The molecule has 1 atom stereocenters. The van der Waals surface area contributed by atoms with Crippen LogP contribution in [-0.4, -0.2) is 60.8 Å². The SMILES string of the molecule is Cc1cccc(-c2nc(CN(C)C3CCCOC3)[nH]c2-c2ccc3ncnn3c2)n1. The Bertz CT molecular complexity index is 1160. The van der Waals surface area contributed by atoms with E-state index in [0.717, 1.165) is 72.4 Å². The number of aromatic amines is 1. The second kappa shape index (κ2) is 7.97. The van der Waals surface area contributed by atoms with Crippen molar-refractivity contribution in [2.45, 2.75) is 32.4 Å². The molecule has 30 heavy (non-hydrogen) atoms. The van der Waals surface area contributed by atoms with Gasteiger partial charge in [0.2, 0.25) is 0 Å². The highest BCUT2D eigenvalue weighted by Crippen LogP contribution is 2.30. The van der Waals surface area contributed by atoms with Crippen molar-refractivity contribution in [3.05, 3.63) is 54.4 Å². The smallest absolute Gasteiger partial charge is 0.155 e. The van der Waals surface area contributed by atoms with E-state index in [9.17, 15) is 0 Å².